The third-order valence-electron chi connectivity index (χ3n) is 4.63. The maximum Gasteiger partial charge on any atom is 0.254 e. The van der Waals surface area contributed by atoms with Crippen LogP contribution in [0.3, 0.4) is 0 Å². The Balaban J connectivity index is 1.50. The summed E-state index contributed by atoms with van der Waals surface area (Å²) in [4.78, 5) is 28.6. The maximum atomic E-state index is 12.6. The van der Waals surface area contributed by atoms with Crippen LogP contribution in [0.5, 0.6) is 0 Å². The van der Waals surface area contributed by atoms with Crippen molar-refractivity contribution in [3.05, 3.63) is 68.7 Å². The molecule has 0 radical (unpaired) electrons. The lowest BCUT2D eigenvalue weighted by Crippen LogP contribution is -2.50. The predicted octanol–water partition coefficient (Wildman–Crippen LogP) is 4.56. The fourth-order valence-corrected chi connectivity index (χ4v) is 3.46. The lowest BCUT2D eigenvalue weighted by atomic mass is 10.1. The number of halogens is 3. The van der Waals surface area contributed by atoms with Gasteiger partial charge in [0.25, 0.3) is 5.91 Å². The van der Waals surface area contributed by atoms with E-state index in [1.807, 2.05) is 29.2 Å². The molecule has 1 aliphatic heterocycles. The first kappa shape index (κ1) is 20.0. The van der Waals surface area contributed by atoms with E-state index < -0.39 is 0 Å². The third-order valence-corrected chi connectivity index (χ3v) is 5.62. The van der Waals surface area contributed by atoms with Crippen molar-refractivity contribution in [1.29, 1.82) is 0 Å². The molecule has 7 heteroatoms. The van der Waals surface area contributed by atoms with Crippen LogP contribution in [0.2, 0.25) is 15.1 Å². The van der Waals surface area contributed by atoms with Gasteiger partial charge in [0, 0.05) is 43.2 Å². The summed E-state index contributed by atoms with van der Waals surface area (Å²) in [5.74, 6) is 0.00779. The highest BCUT2D eigenvalue weighted by Crippen LogP contribution is 2.23. The van der Waals surface area contributed by atoms with Crippen LogP contribution in [0.4, 0.5) is 0 Å². The van der Waals surface area contributed by atoms with Crippen molar-refractivity contribution in [3.8, 4) is 0 Å². The molecule has 1 heterocycles. The van der Waals surface area contributed by atoms with Crippen LogP contribution in [-0.4, -0.2) is 47.8 Å². The number of carbonyl (C=O) groups is 2. The van der Waals surface area contributed by atoms with Gasteiger partial charge in [-0.25, -0.2) is 0 Å². The highest BCUT2D eigenvalue weighted by atomic mass is 35.5. The quantitative estimate of drug-likeness (QED) is 0.720. The van der Waals surface area contributed by atoms with Crippen molar-refractivity contribution in [1.82, 2.24) is 9.80 Å². The smallest absolute Gasteiger partial charge is 0.254 e. The van der Waals surface area contributed by atoms with Gasteiger partial charge in [0.2, 0.25) is 5.91 Å². The standard InChI is InChI=1S/C20H19Cl3N2O2/c21-16-5-1-14(2-6-16)3-8-19(26)24-9-11-25(12-10-24)20(27)15-4-7-17(22)18(23)13-15/h1-2,4-7,13H,3,8-12H2. The van der Waals surface area contributed by atoms with Crippen LogP contribution in [0.25, 0.3) is 0 Å². The Morgan fingerprint density at radius 3 is 2.07 bits per heavy atom. The second kappa shape index (κ2) is 8.96. The summed E-state index contributed by atoms with van der Waals surface area (Å²) in [7, 11) is 0. The minimum atomic E-state index is -0.0955. The molecular weight excluding hydrogens is 407 g/mol. The van der Waals surface area contributed by atoms with E-state index in [2.05, 4.69) is 0 Å². The summed E-state index contributed by atoms with van der Waals surface area (Å²) in [6, 6.07) is 12.4. The van der Waals surface area contributed by atoms with E-state index >= 15 is 0 Å². The van der Waals surface area contributed by atoms with Gasteiger partial charge in [0.15, 0.2) is 0 Å². The zero-order valence-electron chi connectivity index (χ0n) is 14.6. The van der Waals surface area contributed by atoms with Gasteiger partial charge in [-0.15, -0.1) is 0 Å². The molecule has 27 heavy (non-hydrogen) atoms. The summed E-state index contributed by atoms with van der Waals surface area (Å²) in [6.45, 7) is 2.08. The Labute approximate surface area is 173 Å². The molecular formula is C20H19Cl3N2O2. The van der Waals surface area contributed by atoms with E-state index in [1.165, 1.54) is 0 Å². The maximum absolute atomic E-state index is 12.6. The fraction of sp³-hybridized carbons (Fsp3) is 0.300. The Morgan fingerprint density at radius 2 is 1.44 bits per heavy atom. The predicted molar refractivity (Wildman–Crippen MR) is 109 cm³/mol. The fourth-order valence-electron chi connectivity index (χ4n) is 3.03. The van der Waals surface area contributed by atoms with Crippen molar-refractivity contribution >= 4 is 46.6 Å². The van der Waals surface area contributed by atoms with Gasteiger partial charge in [0.05, 0.1) is 10.0 Å². The summed E-state index contributed by atoms with van der Waals surface area (Å²) in [5.41, 5.74) is 1.59. The van der Waals surface area contributed by atoms with Crippen molar-refractivity contribution in [2.45, 2.75) is 12.8 Å². The number of aryl methyl sites for hydroxylation is 1. The monoisotopic (exact) mass is 424 g/mol. The minimum absolute atomic E-state index is 0.0955. The van der Waals surface area contributed by atoms with Crippen LogP contribution >= 0.6 is 34.8 Å². The van der Waals surface area contributed by atoms with Gasteiger partial charge >= 0.3 is 0 Å². The number of rotatable bonds is 4. The highest BCUT2D eigenvalue weighted by Gasteiger charge is 2.25. The van der Waals surface area contributed by atoms with Gasteiger partial charge in [-0.2, -0.15) is 0 Å². The second-order valence-electron chi connectivity index (χ2n) is 6.43. The summed E-state index contributed by atoms with van der Waals surface area (Å²) < 4.78 is 0. The van der Waals surface area contributed by atoms with Crippen LogP contribution in [0.1, 0.15) is 22.3 Å². The Kier molecular flexibility index (Phi) is 6.64. The average Bonchev–Trinajstić information content (AvgIpc) is 2.69. The van der Waals surface area contributed by atoms with E-state index in [1.54, 1.807) is 23.1 Å². The van der Waals surface area contributed by atoms with Crippen molar-refractivity contribution < 1.29 is 9.59 Å². The molecule has 0 atom stereocenters. The zero-order chi connectivity index (χ0) is 19.4. The number of piperazine rings is 1. The molecule has 0 spiro atoms. The minimum Gasteiger partial charge on any atom is -0.339 e. The molecule has 0 N–H and O–H groups in total. The van der Waals surface area contributed by atoms with Gasteiger partial charge in [-0.3, -0.25) is 9.59 Å². The first-order chi connectivity index (χ1) is 12.9. The normalized spacial score (nSPS) is 14.3. The van der Waals surface area contributed by atoms with Gasteiger partial charge in [-0.1, -0.05) is 46.9 Å². The van der Waals surface area contributed by atoms with Crippen molar-refractivity contribution in [2.75, 3.05) is 26.2 Å². The molecule has 3 rings (SSSR count). The van der Waals surface area contributed by atoms with Crippen LogP contribution in [-0.2, 0) is 11.2 Å². The number of benzene rings is 2. The number of nitrogens with zero attached hydrogens (tertiary/aromatic N) is 2. The molecule has 0 bridgehead atoms. The summed E-state index contributed by atoms with van der Waals surface area (Å²) in [6.07, 6.45) is 1.13. The van der Waals surface area contributed by atoms with Crippen LogP contribution < -0.4 is 0 Å². The molecule has 1 saturated heterocycles. The van der Waals surface area contributed by atoms with Gasteiger partial charge in [-0.05, 0) is 42.3 Å². The molecule has 142 valence electrons. The third kappa shape index (κ3) is 5.16. The number of hydrogen-bond acceptors (Lipinski definition) is 2. The molecule has 0 aliphatic carbocycles. The second-order valence-corrected chi connectivity index (χ2v) is 7.68. The topological polar surface area (TPSA) is 40.6 Å². The number of carbonyl (C=O) groups excluding carboxylic acids is 2. The molecule has 0 unspecified atom stereocenters. The lowest BCUT2D eigenvalue weighted by Gasteiger charge is -2.35. The number of hydrogen-bond donors (Lipinski definition) is 0. The van der Waals surface area contributed by atoms with E-state index in [9.17, 15) is 9.59 Å². The molecule has 0 aromatic heterocycles. The molecule has 2 amide bonds. The summed E-state index contributed by atoms with van der Waals surface area (Å²) in [5, 5.41) is 1.47. The Hall–Kier alpha value is -1.75. The van der Waals surface area contributed by atoms with Gasteiger partial charge in [0.1, 0.15) is 0 Å². The first-order valence-corrected chi connectivity index (χ1v) is 9.84. The van der Waals surface area contributed by atoms with Crippen LogP contribution in [0.15, 0.2) is 42.5 Å². The van der Waals surface area contributed by atoms with E-state index in [-0.39, 0.29) is 11.8 Å². The first-order valence-electron chi connectivity index (χ1n) is 8.70. The molecule has 2 aromatic carbocycles. The SMILES string of the molecule is O=C(CCc1ccc(Cl)cc1)N1CCN(C(=O)c2ccc(Cl)c(Cl)c2)CC1. The Morgan fingerprint density at radius 1 is 0.815 bits per heavy atom. The molecule has 2 aromatic rings. The average molecular weight is 426 g/mol. The molecule has 4 nitrogen and oxygen atoms in total. The molecule has 1 aliphatic rings. The van der Waals surface area contributed by atoms with Crippen molar-refractivity contribution in [2.24, 2.45) is 0 Å². The van der Waals surface area contributed by atoms with Crippen LogP contribution in [0, 0.1) is 0 Å². The molecule has 0 saturated carbocycles. The van der Waals surface area contributed by atoms with E-state index in [0.29, 0.717) is 59.7 Å². The lowest BCUT2D eigenvalue weighted by molar-refractivity contribution is -0.132. The zero-order valence-corrected chi connectivity index (χ0v) is 16.9. The van der Waals surface area contributed by atoms with E-state index in [0.717, 1.165) is 5.56 Å². The summed E-state index contributed by atoms with van der Waals surface area (Å²) >= 11 is 17.8. The van der Waals surface area contributed by atoms with Crippen molar-refractivity contribution in [3.63, 3.8) is 0 Å². The largest absolute Gasteiger partial charge is 0.339 e. The number of amides is 2. The Bertz CT molecular complexity index is 832. The van der Waals surface area contributed by atoms with E-state index in [4.69, 9.17) is 34.8 Å². The van der Waals surface area contributed by atoms with Gasteiger partial charge < -0.3 is 9.80 Å². The molecule has 1 fully saturated rings. The highest BCUT2D eigenvalue weighted by molar-refractivity contribution is 6.42.